The van der Waals surface area contributed by atoms with Crippen LogP contribution in [0.2, 0.25) is 10.0 Å². The maximum Gasteiger partial charge on any atom is 0.341 e. The first-order valence-electron chi connectivity index (χ1n) is 7.00. The summed E-state index contributed by atoms with van der Waals surface area (Å²) in [5, 5.41) is 13.4. The molecule has 0 unspecified atom stereocenters. The van der Waals surface area contributed by atoms with Gasteiger partial charge in [-0.2, -0.15) is 0 Å². The zero-order valence-electron chi connectivity index (χ0n) is 12.9. The third kappa shape index (κ3) is 4.68. The fraction of sp³-hybridized carbons (Fsp3) is 0.125. The number of carbonyl (C=O) groups excluding carboxylic acids is 2. The van der Waals surface area contributed by atoms with Gasteiger partial charge in [0, 0.05) is 17.8 Å². The van der Waals surface area contributed by atoms with Crippen molar-refractivity contribution in [3.63, 3.8) is 0 Å². The number of amides is 1. The SMILES string of the molecule is C[C@H](OC(=O)c1c(Cl)cccc1Cl)C(=O)Nc1cccc([N+](=O)[O-])c1. The van der Waals surface area contributed by atoms with Gasteiger partial charge in [0.05, 0.1) is 20.5 Å². The maximum absolute atomic E-state index is 12.1. The normalized spacial score (nSPS) is 11.5. The number of nitro benzene ring substituents is 1. The van der Waals surface area contributed by atoms with Crippen molar-refractivity contribution in [3.05, 3.63) is 68.2 Å². The molecule has 0 saturated heterocycles. The lowest BCUT2D eigenvalue weighted by Crippen LogP contribution is -2.30. The van der Waals surface area contributed by atoms with Crippen LogP contribution in [0.15, 0.2) is 42.5 Å². The molecule has 0 radical (unpaired) electrons. The van der Waals surface area contributed by atoms with Gasteiger partial charge in [-0.25, -0.2) is 4.79 Å². The van der Waals surface area contributed by atoms with Crippen LogP contribution in [0.25, 0.3) is 0 Å². The molecule has 2 aromatic rings. The number of ether oxygens (including phenoxy) is 1. The lowest BCUT2D eigenvalue weighted by Gasteiger charge is -2.14. The van der Waals surface area contributed by atoms with Crippen LogP contribution < -0.4 is 5.32 Å². The van der Waals surface area contributed by atoms with Crippen LogP contribution in [-0.4, -0.2) is 22.9 Å². The molecule has 0 fully saturated rings. The summed E-state index contributed by atoms with van der Waals surface area (Å²) in [6.07, 6.45) is -1.17. The summed E-state index contributed by atoms with van der Waals surface area (Å²) in [5.41, 5.74) is -0.0102. The average molecular weight is 383 g/mol. The Morgan fingerprint density at radius 3 is 2.36 bits per heavy atom. The number of nitro groups is 1. The van der Waals surface area contributed by atoms with Gasteiger partial charge in [0.15, 0.2) is 6.10 Å². The fourth-order valence-corrected chi connectivity index (χ4v) is 2.46. The molecule has 0 aliphatic carbocycles. The Labute approximate surface area is 152 Å². The molecular formula is C16H12Cl2N2O5. The molecule has 7 nitrogen and oxygen atoms in total. The predicted octanol–water partition coefficient (Wildman–Crippen LogP) is 4.09. The summed E-state index contributed by atoms with van der Waals surface area (Å²) in [5.74, 6) is -1.51. The smallest absolute Gasteiger partial charge is 0.341 e. The van der Waals surface area contributed by atoms with E-state index in [1.807, 2.05) is 0 Å². The van der Waals surface area contributed by atoms with Crippen molar-refractivity contribution < 1.29 is 19.2 Å². The molecule has 25 heavy (non-hydrogen) atoms. The van der Waals surface area contributed by atoms with E-state index in [1.54, 1.807) is 6.07 Å². The number of esters is 1. The maximum atomic E-state index is 12.1. The fourth-order valence-electron chi connectivity index (χ4n) is 1.91. The van der Waals surface area contributed by atoms with E-state index in [0.717, 1.165) is 0 Å². The Kier molecular flexibility index (Phi) is 5.95. The van der Waals surface area contributed by atoms with Crippen molar-refractivity contribution in [1.29, 1.82) is 0 Å². The van der Waals surface area contributed by atoms with Crippen molar-refractivity contribution in [2.45, 2.75) is 13.0 Å². The summed E-state index contributed by atoms with van der Waals surface area (Å²) in [7, 11) is 0. The quantitative estimate of drug-likeness (QED) is 0.477. The van der Waals surface area contributed by atoms with Crippen molar-refractivity contribution in [2.24, 2.45) is 0 Å². The first-order valence-corrected chi connectivity index (χ1v) is 7.75. The van der Waals surface area contributed by atoms with Crippen LogP contribution in [0.3, 0.4) is 0 Å². The summed E-state index contributed by atoms with van der Waals surface area (Å²) in [6, 6.07) is 9.89. The number of carbonyl (C=O) groups is 2. The molecule has 0 aromatic heterocycles. The Morgan fingerprint density at radius 1 is 1.16 bits per heavy atom. The summed E-state index contributed by atoms with van der Waals surface area (Å²) in [6.45, 7) is 1.36. The molecule has 0 aliphatic heterocycles. The average Bonchev–Trinajstić information content (AvgIpc) is 2.54. The van der Waals surface area contributed by atoms with E-state index in [0.29, 0.717) is 0 Å². The molecular weight excluding hydrogens is 371 g/mol. The number of halogens is 2. The predicted molar refractivity (Wildman–Crippen MR) is 93.1 cm³/mol. The second-order valence-corrected chi connectivity index (χ2v) is 5.76. The van der Waals surface area contributed by atoms with Crippen molar-refractivity contribution >= 4 is 46.5 Å². The Morgan fingerprint density at radius 2 is 1.76 bits per heavy atom. The highest BCUT2D eigenvalue weighted by molar-refractivity contribution is 6.39. The molecule has 0 heterocycles. The van der Waals surface area contributed by atoms with Crippen LogP contribution in [-0.2, 0) is 9.53 Å². The van der Waals surface area contributed by atoms with Crippen LogP contribution in [0.5, 0.6) is 0 Å². The monoisotopic (exact) mass is 382 g/mol. The van der Waals surface area contributed by atoms with Gasteiger partial charge >= 0.3 is 5.97 Å². The van der Waals surface area contributed by atoms with Crippen LogP contribution in [0.1, 0.15) is 17.3 Å². The third-order valence-corrected chi connectivity index (χ3v) is 3.77. The van der Waals surface area contributed by atoms with E-state index >= 15 is 0 Å². The molecule has 0 bridgehead atoms. The largest absolute Gasteiger partial charge is 0.449 e. The Balaban J connectivity index is 2.06. The minimum Gasteiger partial charge on any atom is -0.449 e. The molecule has 1 N–H and O–H groups in total. The molecule has 1 atom stereocenters. The molecule has 0 spiro atoms. The van der Waals surface area contributed by atoms with E-state index in [2.05, 4.69) is 5.32 Å². The molecule has 1 amide bonds. The number of hydrogen-bond donors (Lipinski definition) is 1. The molecule has 2 aromatic carbocycles. The van der Waals surface area contributed by atoms with Gasteiger partial charge in [-0.1, -0.05) is 35.3 Å². The van der Waals surface area contributed by atoms with Crippen molar-refractivity contribution in [1.82, 2.24) is 0 Å². The molecule has 0 aliphatic rings. The van der Waals surface area contributed by atoms with Gasteiger partial charge in [0.2, 0.25) is 0 Å². The van der Waals surface area contributed by atoms with E-state index in [9.17, 15) is 19.7 Å². The number of non-ortho nitro benzene ring substituents is 1. The Hall–Kier alpha value is -2.64. The minimum atomic E-state index is -1.17. The third-order valence-electron chi connectivity index (χ3n) is 3.14. The molecule has 2 rings (SSSR count). The second kappa shape index (κ2) is 7.96. The van der Waals surface area contributed by atoms with E-state index < -0.39 is 22.9 Å². The number of hydrogen-bond acceptors (Lipinski definition) is 5. The first-order chi connectivity index (χ1) is 11.8. The van der Waals surface area contributed by atoms with Crippen LogP contribution in [0.4, 0.5) is 11.4 Å². The highest BCUT2D eigenvalue weighted by atomic mass is 35.5. The summed E-state index contributed by atoms with van der Waals surface area (Å²) < 4.78 is 5.06. The van der Waals surface area contributed by atoms with Gasteiger partial charge in [-0.15, -0.1) is 0 Å². The number of benzene rings is 2. The van der Waals surface area contributed by atoms with Gasteiger partial charge in [-0.05, 0) is 25.1 Å². The number of nitrogens with one attached hydrogen (secondary N) is 1. The standard InChI is InChI=1S/C16H12Cl2N2O5/c1-9(25-16(22)14-12(17)6-3-7-13(14)18)15(21)19-10-4-2-5-11(8-10)20(23)24/h2-9H,1H3,(H,19,21)/t9-/m0/s1. The zero-order valence-corrected chi connectivity index (χ0v) is 14.4. The molecule has 9 heteroatoms. The van der Waals surface area contributed by atoms with E-state index in [1.165, 1.54) is 43.3 Å². The topological polar surface area (TPSA) is 98.5 Å². The zero-order chi connectivity index (χ0) is 18.6. The molecule has 0 saturated carbocycles. The second-order valence-electron chi connectivity index (χ2n) is 4.94. The molecule has 130 valence electrons. The lowest BCUT2D eigenvalue weighted by molar-refractivity contribution is -0.384. The highest BCUT2D eigenvalue weighted by Crippen LogP contribution is 2.25. The highest BCUT2D eigenvalue weighted by Gasteiger charge is 2.23. The Bertz CT molecular complexity index is 821. The van der Waals surface area contributed by atoms with Gasteiger partial charge < -0.3 is 10.1 Å². The van der Waals surface area contributed by atoms with Crippen molar-refractivity contribution in [2.75, 3.05) is 5.32 Å². The van der Waals surface area contributed by atoms with E-state index in [-0.39, 0.29) is 27.0 Å². The van der Waals surface area contributed by atoms with Gasteiger partial charge in [-0.3, -0.25) is 14.9 Å². The lowest BCUT2D eigenvalue weighted by atomic mass is 10.2. The van der Waals surface area contributed by atoms with Crippen LogP contribution in [0, 0.1) is 10.1 Å². The van der Waals surface area contributed by atoms with Gasteiger partial charge in [0.25, 0.3) is 11.6 Å². The first kappa shape index (κ1) is 18.7. The van der Waals surface area contributed by atoms with Gasteiger partial charge in [0.1, 0.15) is 0 Å². The summed E-state index contributed by atoms with van der Waals surface area (Å²) >= 11 is 11.8. The van der Waals surface area contributed by atoms with Crippen LogP contribution >= 0.6 is 23.2 Å². The van der Waals surface area contributed by atoms with Crippen molar-refractivity contribution in [3.8, 4) is 0 Å². The number of anilines is 1. The number of nitrogens with zero attached hydrogens (tertiary/aromatic N) is 1. The number of rotatable bonds is 5. The minimum absolute atomic E-state index is 0.0409. The summed E-state index contributed by atoms with van der Waals surface area (Å²) in [4.78, 5) is 34.4. The van der Waals surface area contributed by atoms with E-state index in [4.69, 9.17) is 27.9 Å².